The topological polar surface area (TPSA) is 46.4 Å². The van der Waals surface area contributed by atoms with E-state index in [-0.39, 0.29) is 12.5 Å². The van der Waals surface area contributed by atoms with E-state index >= 15 is 0 Å². The number of imidazole rings is 1. The van der Waals surface area contributed by atoms with Crippen molar-refractivity contribution in [2.45, 2.75) is 33.5 Å². The molecule has 1 aromatic carbocycles. The first kappa shape index (κ1) is 17.5. The SMILES string of the molecule is Cc1nc2sc(C)c(C)n2c1C(=O)NCc1ccc(C(F)(F)F)cc1. The van der Waals surface area contributed by atoms with Crippen LogP contribution in [0.4, 0.5) is 13.2 Å². The molecule has 0 saturated carbocycles. The molecule has 0 unspecified atom stereocenters. The van der Waals surface area contributed by atoms with E-state index in [0.29, 0.717) is 17.0 Å². The van der Waals surface area contributed by atoms with Gasteiger partial charge in [-0.1, -0.05) is 12.1 Å². The monoisotopic (exact) mass is 367 g/mol. The number of benzene rings is 1. The minimum Gasteiger partial charge on any atom is -0.347 e. The Balaban J connectivity index is 1.78. The van der Waals surface area contributed by atoms with E-state index in [0.717, 1.165) is 27.7 Å². The third-order valence-electron chi connectivity index (χ3n) is 4.06. The fraction of sp³-hybridized carbons (Fsp3) is 0.294. The number of nitrogens with one attached hydrogen (secondary N) is 1. The molecule has 0 saturated heterocycles. The first-order valence-corrected chi connectivity index (χ1v) is 8.39. The first-order chi connectivity index (χ1) is 11.7. The molecule has 0 fully saturated rings. The standard InChI is InChI=1S/C17H16F3N3OS/c1-9-14(23-10(2)11(3)25-16(23)22-9)15(24)21-8-12-4-6-13(7-5-12)17(18,19)20/h4-7H,8H2,1-3H3,(H,21,24). The second-order valence-electron chi connectivity index (χ2n) is 5.78. The van der Waals surface area contributed by atoms with Crippen molar-refractivity contribution in [2.75, 3.05) is 0 Å². The lowest BCUT2D eigenvalue weighted by atomic mass is 10.1. The summed E-state index contributed by atoms with van der Waals surface area (Å²) in [4.78, 5) is 18.8. The molecule has 3 rings (SSSR count). The molecule has 25 heavy (non-hydrogen) atoms. The summed E-state index contributed by atoms with van der Waals surface area (Å²) >= 11 is 1.51. The lowest BCUT2D eigenvalue weighted by Gasteiger charge is -2.09. The Hall–Kier alpha value is -2.35. The maximum Gasteiger partial charge on any atom is 0.416 e. The molecule has 8 heteroatoms. The molecular weight excluding hydrogens is 351 g/mol. The van der Waals surface area contributed by atoms with Gasteiger partial charge < -0.3 is 5.32 Å². The number of fused-ring (bicyclic) bond motifs is 1. The molecule has 2 heterocycles. The summed E-state index contributed by atoms with van der Waals surface area (Å²) in [6.45, 7) is 5.80. The zero-order valence-corrected chi connectivity index (χ0v) is 14.7. The molecule has 0 spiro atoms. The predicted octanol–water partition coefficient (Wildman–Crippen LogP) is 4.27. The van der Waals surface area contributed by atoms with Crippen LogP contribution in [0.5, 0.6) is 0 Å². The van der Waals surface area contributed by atoms with Gasteiger partial charge in [0.05, 0.1) is 11.3 Å². The molecule has 0 radical (unpaired) electrons. The molecule has 0 bridgehead atoms. The van der Waals surface area contributed by atoms with E-state index in [1.165, 1.54) is 23.5 Å². The number of nitrogens with zero attached hydrogens (tertiary/aromatic N) is 2. The third-order valence-corrected chi connectivity index (χ3v) is 5.12. The number of carbonyl (C=O) groups is 1. The molecule has 1 N–H and O–H groups in total. The molecule has 0 aliphatic carbocycles. The Morgan fingerprint density at radius 2 is 1.84 bits per heavy atom. The maximum absolute atomic E-state index is 12.6. The Labute approximate surface area is 146 Å². The summed E-state index contributed by atoms with van der Waals surface area (Å²) in [6.07, 6.45) is -4.36. The Morgan fingerprint density at radius 1 is 1.20 bits per heavy atom. The number of rotatable bonds is 3. The summed E-state index contributed by atoms with van der Waals surface area (Å²) in [6, 6.07) is 4.75. The quantitative estimate of drug-likeness (QED) is 0.751. The molecule has 1 amide bonds. The highest BCUT2D eigenvalue weighted by Gasteiger charge is 2.30. The second-order valence-corrected chi connectivity index (χ2v) is 6.97. The zero-order chi connectivity index (χ0) is 18.4. The van der Waals surface area contributed by atoms with Crippen LogP contribution in [-0.4, -0.2) is 15.3 Å². The fourth-order valence-corrected chi connectivity index (χ4v) is 3.61. The first-order valence-electron chi connectivity index (χ1n) is 7.58. The normalized spacial score (nSPS) is 11.9. The number of aryl methyl sites for hydroxylation is 3. The minimum absolute atomic E-state index is 0.145. The number of hydrogen-bond donors (Lipinski definition) is 1. The van der Waals surface area contributed by atoms with Crippen molar-refractivity contribution in [3.63, 3.8) is 0 Å². The number of amides is 1. The molecule has 4 nitrogen and oxygen atoms in total. The minimum atomic E-state index is -4.36. The van der Waals surface area contributed by atoms with Gasteiger partial charge in [0, 0.05) is 17.1 Å². The smallest absolute Gasteiger partial charge is 0.347 e. The van der Waals surface area contributed by atoms with Gasteiger partial charge in [0.1, 0.15) is 5.69 Å². The van der Waals surface area contributed by atoms with E-state index < -0.39 is 11.7 Å². The lowest BCUT2D eigenvalue weighted by molar-refractivity contribution is -0.137. The predicted molar refractivity (Wildman–Crippen MR) is 89.9 cm³/mol. The van der Waals surface area contributed by atoms with Gasteiger partial charge in [-0.05, 0) is 38.5 Å². The van der Waals surface area contributed by atoms with Crippen molar-refractivity contribution in [3.8, 4) is 0 Å². The van der Waals surface area contributed by atoms with Gasteiger partial charge in [0.25, 0.3) is 5.91 Å². The molecule has 0 atom stereocenters. The van der Waals surface area contributed by atoms with Crippen molar-refractivity contribution in [3.05, 3.63) is 57.4 Å². The van der Waals surface area contributed by atoms with Crippen molar-refractivity contribution in [1.29, 1.82) is 0 Å². The highest BCUT2D eigenvalue weighted by atomic mass is 32.1. The van der Waals surface area contributed by atoms with Crippen LogP contribution in [0.15, 0.2) is 24.3 Å². The van der Waals surface area contributed by atoms with Crippen LogP contribution in [0.1, 0.15) is 37.9 Å². The molecule has 0 aliphatic rings. The second kappa shape index (κ2) is 6.18. The van der Waals surface area contributed by atoms with E-state index in [4.69, 9.17) is 0 Å². The molecular formula is C17H16F3N3OS. The van der Waals surface area contributed by atoms with E-state index in [9.17, 15) is 18.0 Å². The van der Waals surface area contributed by atoms with Crippen LogP contribution in [0.3, 0.4) is 0 Å². The van der Waals surface area contributed by atoms with Gasteiger partial charge in [-0.25, -0.2) is 4.98 Å². The number of carbonyl (C=O) groups excluding carboxylic acids is 1. The fourth-order valence-electron chi connectivity index (χ4n) is 2.60. The summed E-state index contributed by atoms with van der Waals surface area (Å²) < 4.78 is 39.5. The number of aromatic nitrogens is 2. The highest BCUT2D eigenvalue weighted by Crippen LogP contribution is 2.29. The number of thiazole rings is 1. The van der Waals surface area contributed by atoms with Crippen LogP contribution in [0.25, 0.3) is 4.96 Å². The maximum atomic E-state index is 12.6. The van der Waals surface area contributed by atoms with Gasteiger partial charge >= 0.3 is 6.18 Å². The van der Waals surface area contributed by atoms with Gasteiger partial charge in [-0.3, -0.25) is 9.20 Å². The number of halogens is 3. The van der Waals surface area contributed by atoms with Gasteiger partial charge in [-0.15, -0.1) is 11.3 Å². The van der Waals surface area contributed by atoms with Gasteiger partial charge in [0.2, 0.25) is 0 Å². The average molecular weight is 367 g/mol. The van der Waals surface area contributed by atoms with Crippen LogP contribution in [0, 0.1) is 20.8 Å². The van der Waals surface area contributed by atoms with Gasteiger partial charge in [0.15, 0.2) is 4.96 Å². The van der Waals surface area contributed by atoms with Crippen molar-refractivity contribution in [2.24, 2.45) is 0 Å². The van der Waals surface area contributed by atoms with E-state index in [1.54, 1.807) is 6.92 Å². The van der Waals surface area contributed by atoms with Crippen molar-refractivity contribution >= 4 is 22.2 Å². The van der Waals surface area contributed by atoms with Crippen molar-refractivity contribution in [1.82, 2.24) is 14.7 Å². The van der Waals surface area contributed by atoms with Crippen LogP contribution < -0.4 is 5.32 Å². The Morgan fingerprint density at radius 3 is 2.44 bits per heavy atom. The van der Waals surface area contributed by atoms with Gasteiger partial charge in [-0.2, -0.15) is 13.2 Å². The summed E-state index contributed by atoms with van der Waals surface area (Å²) in [5.41, 5.74) is 1.93. The average Bonchev–Trinajstić information content (AvgIpc) is 3.00. The Kier molecular flexibility index (Phi) is 4.32. The molecule has 3 aromatic rings. The molecule has 132 valence electrons. The Bertz CT molecular complexity index is 939. The largest absolute Gasteiger partial charge is 0.416 e. The summed E-state index contributed by atoms with van der Waals surface area (Å²) in [5, 5.41) is 2.75. The van der Waals surface area contributed by atoms with Crippen molar-refractivity contribution < 1.29 is 18.0 Å². The van der Waals surface area contributed by atoms with E-state index in [2.05, 4.69) is 10.3 Å². The zero-order valence-electron chi connectivity index (χ0n) is 13.9. The number of alkyl halides is 3. The van der Waals surface area contributed by atoms with Crippen LogP contribution in [0.2, 0.25) is 0 Å². The summed E-state index contributed by atoms with van der Waals surface area (Å²) in [7, 11) is 0. The highest BCUT2D eigenvalue weighted by molar-refractivity contribution is 7.17. The lowest BCUT2D eigenvalue weighted by Crippen LogP contribution is -2.25. The molecule has 2 aromatic heterocycles. The van der Waals surface area contributed by atoms with E-state index in [1.807, 2.05) is 18.2 Å². The summed E-state index contributed by atoms with van der Waals surface area (Å²) in [5.74, 6) is -0.300. The third kappa shape index (κ3) is 3.26. The van der Waals surface area contributed by atoms with Crippen LogP contribution >= 0.6 is 11.3 Å². The molecule has 0 aliphatic heterocycles. The number of hydrogen-bond acceptors (Lipinski definition) is 3. The van der Waals surface area contributed by atoms with Crippen LogP contribution in [-0.2, 0) is 12.7 Å².